The quantitative estimate of drug-likeness (QED) is 0.188. The van der Waals surface area contributed by atoms with Crippen molar-refractivity contribution in [3.8, 4) is 5.69 Å². The van der Waals surface area contributed by atoms with Gasteiger partial charge in [0.1, 0.15) is 11.2 Å². The van der Waals surface area contributed by atoms with Gasteiger partial charge in [-0.1, -0.05) is 103 Å². The Morgan fingerprint density at radius 3 is 2.06 bits per heavy atom. The third-order valence-corrected chi connectivity index (χ3v) is 11.3. The van der Waals surface area contributed by atoms with Gasteiger partial charge in [0.25, 0.3) is 0 Å². The molecule has 8 aromatic carbocycles. The van der Waals surface area contributed by atoms with Gasteiger partial charge in [-0.25, -0.2) is 0 Å². The van der Waals surface area contributed by atoms with Crippen LogP contribution >= 0.6 is 11.3 Å². The van der Waals surface area contributed by atoms with E-state index in [1.807, 2.05) is 11.3 Å². The summed E-state index contributed by atoms with van der Waals surface area (Å²) in [5.74, 6) is 0. The summed E-state index contributed by atoms with van der Waals surface area (Å²) >= 11 is 1.85. The Hall–Kier alpha value is -6.36. The fraction of sp³-hybridized carbons (Fsp3) is 0. The second kappa shape index (κ2) is 10.6. The minimum Gasteiger partial charge on any atom is -0.456 e. The molecule has 0 spiro atoms. The first-order valence-electron chi connectivity index (χ1n) is 16.9. The van der Waals surface area contributed by atoms with Crippen LogP contribution in [0.3, 0.4) is 0 Å². The van der Waals surface area contributed by atoms with Crippen molar-refractivity contribution >= 4 is 103 Å². The summed E-state index contributed by atoms with van der Waals surface area (Å²) in [6.45, 7) is 0. The summed E-state index contributed by atoms with van der Waals surface area (Å²) in [5, 5.41) is 9.50. The largest absolute Gasteiger partial charge is 0.456 e. The van der Waals surface area contributed by atoms with E-state index >= 15 is 0 Å². The smallest absolute Gasteiger partial charge is 0.138 e. The number of aromatic nitrogens is 1. The van der Waals surface area contributed by atoms with Crippen molar-refractivity contribution in [3.05, 3.63) is 170 Å². The molecule has 0 atom stereocenters. The maximum atomic E-state index is 6.62. The predicted molar refractivity (Wildman–Crippen MR) is 213 cm³/mol. The van der Waals surface area contributed by atoms with E-state index in [1.54, 1.807) is 0 Å². The molecule has 0 amide bonds. The van der Waals surface area contributed by atoms with Crippen LogP contribution in [0.15, 0.2) is 174 Å². The normalized spacial score (nSPS) is 12.0. The number of benzene rings is 8. The Kier molecular flexibility index (Phi) is 5.83. The maximum absolute atomic E-state index is 6.62. The molecule has 4 heteroatoms. The second-order valence-corrected chi connectivity index (χ2v) is 14.0. The molecule has 50 heavy (non-hydrogen) atoms. The molecule has 11 aromatic rings. The zero-order chi connectivity index (χ0) is 32.8. The zero-order valence-corrected chi connectivity index (χ0v) is 27.7. The molecule has 0 bridgehead atoms. The molecule has 0 aliphatic rings. The van der Waals surface area contributed by atoms with E-state index in [2.05, 4.69) is 179 Å². The van der Waals surface area contributed by atoms with Gasteiger partial charge in [0, 0.05) is 53.1 Å². The average molecular weight is 657 g/mol. The molecule has 11 rings (SSSR count). The van der Waals surface area contributed by atoms with Crippen molar-refractivity contribution in [1.82, 2.24) is 4.57 Å². The summed E-state index contributed by atoms with van der Waals surface area (Å²) < 4.78 is 11.6. The van der Waals surface area contributed by atoms with Crippen molar-refractivity contribution in [2.45, 2.75) is 0 Å². The number of nitrogens with zero attached hydrogens (tertiary/aromatic N) is 2. The first kappa shape index (κ1) is 27.6. The number of para-hydroxylation sites is 3. The molecule has 3 aromatic heterocycles. The SMILES string of the molecule is c1ccc(-n2c3ccccc3c3cc(N(c4c5ccccc5cc5oc6ccccc6c45)c4cccc5sc6ccccc6c45)ccc32)cc1. The highest BCUT2D eigenvalue weighted by Gasteiger charge is 2.26. The van der Waals surface area contributed by atoms with Crippen LogP contribution in [0.25, 0.3) is 80.4 Å². The average Bonchev–Trinajstić information content (AvgIpc) is 3.84. The molecule has 0 aliphatic carbocycles. The Morgan fingerprint density at radius 2 is 1.16 bits per heavy atom. The first-order chi connectivity index (χ1) is 24.8. The predicted octanol–water partition coefficient (Wildman–Crippen LogP) is 13.7. The monoisotopic (exact) mass is 656 g/mol. The number of anilines is 3. The lowest BCUT2D eigenvalue weighted by Gasteiger charge is -2.29. The van der Waals surface area contributed by atoms with Gasteiger partial charge in [0.15, 0.2) is 0 Å². The number of fused-ring (bicyclic) bond motifs is 10. The lowest BCUT2D eigenvalue weighted by Crippen LogP contribution is -2.11. The number of furan rings is 1. The number of hydrogen-bond acceptors (Lipinski definition) is 3. The molecule has 0 unspecified atom stereocenters. The van der Waals surface area contributed by atoms with Gasteiger partial charge in [-0.05, 0) is 72.1 Å². The Labute approximate surface area is 291 Å². The van der Waals surface area contributed by atoms with Crippen molar-refractivity contribution in [2.75, 3.05) is 4.90 Å². The number of rotatable bonds is 4. The van der Waals surface area contributed by atoms with Gasteiger partial charge < -0.3 is 13.9 Å². The maximum Gasteiger partial charge on any atom is 0.138 e. The Bertz CT molecular complexity index is 3110. The van der Waals surface area contributed by atoms with Crippen molar-refractivity contribution in [1.29, 1.82) is 0 Å². The molecule has 0 radical (unpaired) electrons. The highest BCUT2D eigenvalue weighted by Crippen LogP contribution is 2.51. The van der Waals surface area contributed by atoms with Crippen LogP contribution in [0.2, 0.25) is 0 Å². The van der Waals surface area contributed by atoms with Gasteiger partial charge >= 0.3 is 0 Å². The van der Waals surface area contributed by atoms with Crippen LogP contribution in [0.1, 0.15) is 0 Å². The van der Waals surface area contributed by atoms with Gasteiger partial charge in [-0.15, -0.1) is 11.3 Å². The molecule has 0 saturated carbocycles. The van der Waals surface area contributed by atoms with Crippen LogP contribution in [-0.2, 0) is 0 Å². The Balaban J connectivity index is 1.31. The lowest BCUT2D eigenvalue weighted by molar-refractivity contribution is 0.669. The minimum atomic E-state index is 0.883. The highest BCUT2D eigenvalue weighted by molar-refractivity contribution is 7.26. The van der Waals surface area contributed by atoms with E-state index in [-0.39, 0.29) is 0 Å². The Morgan fingerprint density at radius 1 is 0.460 bits per heavy atom. The summed E-state index contributed by atoms with van der Waals surface area (Å²) in [6, 6.07) is 61.3. The van der Waals surface area contributed by atoms with Crippen molar-refractivity contribution < 1.29 is 4.42 Å². The number of hydrogen-bond donors (Lipinski definition) is 0. The summed E-state index contributed by atoms with van der Waals surface area (Å²) in [6.07, 6.45) is 0. The third-order valence-electron chi connectivity index (χ3n) is 10.1. The fourth-order valence-corrected chi connectivity index (χ4v) is 9.17. The summed E-state index contributed by atoms with van der Waals surface area (Å²) in [4.78, 5) is 2.50. The molecule has 0 N–H and O–H groups in total. The molecule has 234 valence electrons. The topological polar surface area (TPSA) is 21.3 Å². The fourth-order valence-electron chi connectivity index (χ4n) is 8.04. The molecule has 3 heterocycles. The van der Waals surface area contributed by atoms with Gasteiger partial charge in [-0.2, -0.15) is 0 Å². The van der Waals surface area contributed by atoms with Crippen LogP contribution in [0.5, 0.6) is 0 Å². The first-order valence-corrected chi connectivity index (χ1v) is 17.8. The van der Waals surface area contributed by atoms with Gasteiger partial charge in [0.05, 0.1) is 27.8 Å². The standard InChI is InChI=1S/C46H28N2OS/c1-2-14-30(15-3-1)47-37-20-9-6-17-33(37)36-28-31(25-26-38(36)47)48(39-21-12-24-43-44(39)35-19-8-11-23-42(35)50-43)46-32-16-5-4-13-29(32)27-41-45(46)34-18-7-10-22-40(34)49-41/h1-28H. The van der Waals surface area contributed by atoms with Crippen molar-refractivity contribution in [2.24, 2.45) is 0 Å². The van der Waals surface area contributed by atoms with Gasteiger partial charge in [0.2, 0.25) is 0 Å². The van der Waals surface area contributed by atoms with E-state index in [0.717, 1.165) is 50.1 Å². The molecular weight excluding hydrogens is 629 g/mol. The molecule has 3 nitrogen and oxygen atoms in total. The van der Waals surface area contributed by atoms with Gasteiger partial charge in [-0.3, -0.25) is 0 Å². The molecule has 0 saturated heterocycles. The van der Waals surface area contributed by atoms with E-state index in [9.17, 15) is 0 Å². The summed E-state index contributed by atoms with van der Waals surface area (Å²) in [7, 11) is 0. The van der Waals surface area contributed by atoms with Crippen molar-refractivity contribution in [3.63, 3.8) is 0 Å². The second-order valence-electron chi connectivity index (χ2n) is 12.9. The molecule has 0 aliphatic heterocycles. The zero-order valence-electron chi connectivity index (χ0n) is 26.9. The highest BCUT2D eigenvalue weighted by atomic mass is 32.1. The number of thiophene rings is 1. The summed E-state index contributed by atoms with van der Waals surface area (Å²) in [5.41, 5.74) is 8.66. The van der Waals surface area contributed by atoms with Crippen LogP contribution < -0.4 is 4.90 Å². The minimum absolute atomic E-state index is 0.883. The van der Waals surface area contributed by atoms with E-state index in [1.165, 1.54) is 47.4 Å². The molecular formula is C46H28N2OS. The van der Waals surface area contributed by atoms with Crippen LogP contribution in [0, 0.1) is 0 Å². The van der Waals surface area contributed by atoms with E-state index in [0.29, 0.717) is 0 Å². The van der Waals surface area contributed by atoms with Crippen LogP contribution in [-0.4, -0.2) is 4.57 Å². The third kappa shape index (κ3) is 3.91. The van der Waals surface area contributed by atoms with Crippen LogP contribution in [0.4, 0.5) is 17.1 Å². The van der Waals surface area contributed by atoms with E-state index < -0.39 is 0 Å². The van der Waals surface area contributed by atoms with E-state index in [4.69, 9.17) is 4.42 Å². The lowest BCUT2D eigenvalue weighted by atomic mass is 9.99. The molecule has 0 fully saturated rings.